The fraction of sp³-hybridized carbons (Fsp3) is 0.167. The molecule has 0 saturated carbocycles. The fourth-order valence-corrected chi connectivity index (χ4v) is 4.37. The molecule has 0 saturated heterocycles. The maximum absolute atomic E-state index is 12.1. The highest BCUT2D eigenvalue weighted by Gasteiger charge is 2.42. The Kier molecular flexibility index (Phi) is 1.68. The van der Waals surface area contributed by atoms with Crippen LogP contribution in [0, 0.1) is 0 Å². The third-order valence-electron chi connectivity index (χ3n) is 3.00. The van der Waals surface area contributed by atoms with E-state index in [0.717, 1.165) is 11.1 Å². The average Bonchev–Trinajstić information content (AvgIpc) is 2.29. The first kappa shape index (κ1) is 8.92. The first-order valence-corrected chi connectivity index (χ1v) is 6.49. The van der Waals surface area contributed by atoms with Crippen LogP contribution in [0.1, 0.15) is 21.6 Å². The molecule has 15 heavy (non-hydrogen) atoms. The zero-order valence-corrected chi connectivity index (χ0v) is 8.81. The fourth-order valence-electron chi connectivity index (χ4n) is 2.30. The molecule has 2 heterocycles. The maximum atomic E-state index is 12.1. The second-order valence-electron chi connectivity index (χ2n) is 3.83. The Morgan fingerprint density at radius 2 is 1.33 bits per heavy atom. The van der Waals surface area contributed by atoms with E-state index < -0.39 is 20.3 Å². The van der Waals surface area contributed by atoms with E-state index in [4.69, 9.17) is 0 Å². The molecule has 1 aromatic rings. The highest BCUT2D eigenvalue weighted by molar-refractivity contribution is 7.92. The molecule has 2 nitrogen and oxygen atoms in total. The molecule has 0 radical (unpaired) electrons. The van der Waals surface area contributed by atoms with E-state index in [0.29, 0.717) is 0 Å². The Bertz CT molecular complexity index is 522. The van der Waals surface area contributed by atoms with Crippen LogP contribution in [0.15, 0.2) is 48.6 Å². The van der Waals surface area contributed by atoms with Gasteiger partial charge >= 0.3 is 0 Å². The van der Waals surface area contributed by atoms with Crippen LogP contribution in [-0.2, 0) is 9.84 Å². The zero-order valence-electron chi connectivity index (χ0n) is 8.00. The summed E-state index contributed by atoms with van der Waals surface area (Å²) in [5.41, 5.74) is 1.87. The monoisotopic (exact) mass is 218 g/mol. The molecule has 0 fully saturated rings. The topological polar surface area (TPSA) is 34.1 Å². The summed E-state index contributed by atoms with van der Waals surface area (Å²) in [5, 5.41) is -0.901. The molecule has 0 amide bonds. The highest BCUT2D eigenvalue weighted by Crippen LogP contribution is 2.47. The van der Waals surface area contributed by atoms with Crippen LogP contribution in [0.3, 0.4) is 0 Å². The summed E-state index contributed by atoms with van der Waals surface area (Å²) in [6.07, 6.45) is 7.16. The van der Waals surface area contributed by atoms with Crippen molar-refractivity contribution in [1.29, 1.82) is 0 Å². The number of hydrogen-bond acceptors (Lipinski definition) is 2. The number of allylic oxidation sites excluding steroid dienone is 2. The van der Waals surface area contributed by atoms with Gasteiger partial charge in [0.2, 0.25) is 0 Å². The van der Waals surface area contributed by atoms with Crippen molar-refractivity contribution in [2.24, 2.45) is 0 Å². The summed E-state index contributed by atoms with van der Waals surface area (Å²) < 4.78 is 24.3. The van der Waals surface area contributed by atoms with Gasteiger partial charge < -0.3 is 0 Å². The number of hydrogen-bond donors (Lipinski definition) is 0. The smallest absolute Gasteiger partial charge is 0.171 e. The van der Waals surface area contributed by atoms with E-state index in [1.54, 1.807) is 12.2 Å². The molecular weight excluding hydrogens is 208 g/mol. The van der Waals surface area contributed by atoms with Crippen LogP contribution in [0.4, 0.5) is 0 Å². The summed E-state index contributed by atoms with van der Waals surface area (Å²) in [4.78, 5) is 0. The van der Waals surface area contributed by atoms with Crippen molar-refractivity contribution in [3.8, 4) is 0 Å². The van der Waals surface area contributed by atoms with Gasteiger partial charge in [-0.15, -0.1) is 0 Å². The number of benzene rings is 1. The Labute approximate surface area is 88.9 Å². The van der Waals surface area contributed by atoms with Crippen LogP contribution in [0.25, 0.3) is 0 Å². The summed E-state index contributed by atoms with van der Waals surface area (Å²) in [7, 11) is -3.10. The van der Waals surface area contributed by atoms with E-state index in [2.05, 4.69) is 0 Å². The van der Waals surface area contributed by atoms with Crippen molar-refractivity contribution >= 4 is 9.84 Å². The number of rotatable bonds is 0. The van der Waals surface area contributed by atoms with Gasteiger partial charge in [0, 0.05) is 0 Å². The first-order valence-electron chi connectivity index (χ1n) is 4.88. The minimum absolute atomic E-state index is 0.450. The molecule has 2 unspecified atom stereocenters. The second kappa shape index (κ2) is 2.83. The molecule has 0 aliphatic carbocycles. The summed E-state index contributed by atoms with van der Waals surface area (Å²) in [6, 6.07) is 7.59. The van der Waals surface area contributed by atoms with E-state index in [1.807, 2.05) is 36.4 Å². The highest BCUT2D eigenvalue weighted by atomic mass is 32.2. The van der Waals surface area contributed by atoms with Crippen molar-refractivity contribution in [2.75, 3.05) is 0 Å². The minimum atomic E-state index is -3.10. The van der Waals surface area contributed by atoms with Gasteiger partial charge in [-0.25, -0.2) is 8.42 Å². The second-order valence-corrected chi connectivity index (χ2v) is 6.02. The molecule has 0 N–H and O–H groups in total. The Morgan fingerprint density at radius 3 is 1.80 bits per heavy atom. The molecular formula is C12H10O2S. The Balaban J connectivity index is 2.38. The molecule has 0 spiro atoms. The predicted molar refractivity (Wildman–Crippen MR) is 59.1 cm³/mol. The molecule has 0 aromatic heterocycles. The Morgan fingerprint density at radius 1 is 0.867 bits per heavy atom. The van der Waals surface area contributed by atoms with Gasteiger partial charge in [-0.3, -0.25) is 0 Å². The third kappa shape index (κ3) is 1.07. The lowest BCUT2D eigenvalue weighted by Crippen LogP contribution is -2.07. The molecule has 3 heteroatoms. The van der Waals surface area contributed by atoms with Crippen LogP contribution in [-0.4, -0.2) is 8.42 Å². The van der Waals surface area contributed by atoms with E-state index in [-0.39, 0.29) is 0 Å². The average molecular weight is 218 g/mol. The van der Waals surface area contributed by atoms with Crippen LogP contribution >= 0.6 is 0 Å². The van der Waals surface area contributed by atoms with Gasteiger partial charge in [0.15, 0.2) is 9.84 Å². The lowest BCUT2D eigenvalue weighted by molar-refractivity contribution is 0.590. The van der Waals surface area contributed by atoms with E-state index >= 15 is 0 Å². The van der Waals surface area contributed by atoms with Gasteiger partial charge in [0.05, 0.1) is 0 Å². The largest absolute Gasteiger partial charge is 0.227 e. The lowest BCUT2D eigenvalue weighted by atomic mass is 10.00. The molecule has 2 aliphatic heterocycles. The summed E-state index contributed by atoms with van der Waals surface area (Å²) in [5.74, 6) is 0. The van der Waals surface area contributed by atoms with Gasteiger partial charge in [-0.1, -0.05) is 48.6 Å². The normalized spacial score (nSPS) is 29.9. The summed E-state index contributed by atoms with van der Waals surface area (Å²) in [6.45, 7) is 0. The van der Waals surface area contributed by atoms with Gasteiger partial charge in [-0.2, -0.15) is 0 Å². The van der Waals surface area contributed by atoms with Crippen LogP contribution in [0.5, 0.6) is 0 Å². The van der Waals surface area contributed by atoms with E-state index in [9.17, 15) is 8.42 Å². The van der Waals surface area contributed by atoms with Gasteiger partial charge in [-0.05, 0) is 11.1 Å². The zero-order chi connectivity index (χ0) is 10.5. The van der Waals surface area contributed by atoms with Crippen molar-refractivity contribution in [2.45, 2.75) is 10.5 Å². The maximum Gasteiger partial charge on any atom is 0.171 e. The standard InChI is InChI=1S/C12H10O2S/c13-15(14)11-7-3-4-8-12(15)10-6-2-1-5-9(10)11/h1-8,11-12H. The molecule has 76 valence electrons. The van der Waals surface area contributed by atoms with Crippen molar-refractivity contribution in [3.63, 3.8) is 0 Å². The molecule has 2 aliphatic rings. The van der Waals surface area contributed by atoms with Crippen LogP contribution in [0.2, 0.25) is 0 Å². The SMILES string of the molecule is O=S1(=O)C2C=CC=CC1c1ccccc12. The minimum Gasteiger partial charge on any atom is -0.227 e. The summed E-state index contributed by atoms with van der Waals surface area (Å²) >= 11 is 0. The molecule has 2 atom stereocenters. The van der Waals surface area contributed by atoms with E-state index in [1.165, 1.54) is 0 Å². The lowest BCUT2D eigenvalue weighted by Gasteiger charge is -2.05. The molecule has 1 aromatic carbocycles. The van der Waals surface area contributed by atoms with Crippen LogP contribution < -0.4 is 0 Å². The first-order chi connectivity index (χ1) is 7.21. The number of fused-ring (bicyclic) bond motifs is 5. The molecule has 2 bridgehead atoms. The third-order valence-corrected chi connectivity index (χ3v) is 5.24. The van der Waals surface area contributed by atoms with Crippen molar-refractivity contribution in [3.05, 3.63) is 59.7 Å². The van der Waals surface area contributed by atoms with Crippen molar-refractivity contribution in [1.82, 2.24) is 0 Å². The number of sulfone groups is 1. The predicted octanol–water partition coefficient (Wildman–Crippen LogP) is 2.32. The van der Waals surface area contributed by atoms with Crippen molar-refractivity contribution < 1.29 is 8.42 Å². The molecule has 3 rings (SSSR count). The Hall–Kier alpha value is -1.35. The van der Waals surface area contributed by atoms with Gasteiger partial charge in [0.1, 0.15) is 10.5 Å². The quantitative estimate of drug-likeness (QED) is 0.669. The van der Waals surface area contributed by atoms with Gasteiger partial charge in [0.25, 0.3) is 0 Å².